The topological polar surface area (TPSA) is 55.8 Å². The number of allylic oxidation sites excluding steroid dienone is 1. The summed E-state index contributed by atoms with van der Waals surface area (Å²) in [6, 6.07) is 17.1. The molecule has 1 N–H and O–H groups in total. The molecule has 0 atom stereocenters. The Morgan fingerprint density at radius 1 is 1.00 bits per heavy atom. The summed E-state index contributed by atoms with van der Waals surface area (Å²) in [4.78, 5) is 12.2. The average Bonchev–Trinajstić information content (AvgIpc) is 3.19. The second-order valence-electron chi connectivity index (χ2n) is 6.52. The van der Waals surface area contributed by atoms with Crippen LogP contribution in [0, 0.1) is 5.92 Å². The molecule has 0 heterocycles. The van der Waals surface area contributed by atoms with E-state index >= 15 is 0 Å². The maximum Gasteiger partial charge on any atom is 0.336 e. The normalized spacial score (nSPS) is 15.6. The van der Waals surface area contributed by atoms with Gasteiger partial charge in [-0.05, 0) is 47.6 Å². The molecule has 1 fully saturated rings. The van der Waals surface area contributed by atoms with E-state index in [9.17, 15) is 9.90 Å². The molecule has 1 saturated carbocycles. The van der Waals surface area contributed by atoms with Crippen molar-refractivity contribution < 1.29 is 19.4 Å². The van der Waals surface area contributed by atoms with Gasteiger partial charge in [-0.25, -0.2) is 4.79 Å². The van der Waals surface area contributed by atoms with E-state index in [2.05, 4.69) is 0 Å². The number of hydrogen-bond donors (Lipinski definition) is 1. The van der Waals surface area contributed by atoms with E-state index in [0.29, 0.717) is 16.9 Å². The molecule has 0 bridgehead atoms. The highest BCUT2D eigenvalue weighted by atomic mass is 16.7. The van der Waals surface area contributed by atoms with Gasteiger partial charge in [-0.2, -0.15) is 0 Å². The van der Waals surface area contributed by atoms with Gasteiger partial charge >= 0.3 is 5.97 Å². The summed E-state index contributed by atoms with van der Waals surface area (Å²) < 4.78 is 10.3. The fourth-order valence-electron chi connectivity index (χ4n) is 3.66. The molecule has 0 amide bonds. The molecule has 0 aromatic heterocycles. The molecule has 4 heteroatoms. The van der Waals surface area contributed by atoms with Crippen LogP contribution in [0.4, 0.5) is 0 Å². The van der Waals surface area contributed by atoms with Crippen LogP contribution in [-0.4, -0.2) is 25.0 Å². The van der Waals surface area contributed by atoms with E-state index in [0.717, 1.165) is 36.8 Å². The number of ether oxygens (including phenoxy) is 2. The van der Waals surface area contributed by atoms with Crippen molar-refractivity contribution in [2.45, 2.75) is 25.7 Å². The van der Waals surface area contributed by atoms with E-state index in [-0.39, 0.29) is 12.7 Å². The largest absolute Gasteiger partial charge is 0.478 e. The van der Waals surface area contributed by atoms with Crippen molar-refractivity contribution in [1.82, 2.24) is 0 Å². The maximum absolute atomic E-state index is 12.2. The minimum Gasteiger partial charge on any atom is -0.478 e. The van der Waals surface area contributed by atoms with Crippen molar-refractivity contribution in [3.05, 3.63) is 65.7 Å². The van der Waals surface area contributed by atoms with Gasteiger partial charge in [0.05, 0.1) is 5.57 Å². The lowest BCUT2D eigenvalue weighted by Gasteiger charge is -2.19. The molecule has 4 nitrogen and oxygen atoms in total. The summed E-state index contributed by atoms with van der Waals surface area (Å²) in [5.74, 6) is 0.0525. The van der Waals surface area contributed by atoms with Crippen molar-refractivity contribution >= 4 is 17.1 Å². The first-order valence-electron chi connectivity index (χ1n) is 8.95. The Morgan fingerprint density at radius 2 is 1.65 bits per heavy atom. The molecule has 136 valence electrons. The third kappa shape index (κ3) is 4.14. The monoisotopic (exact) mass is 352 g/mol. The fourth-order valence-corrected chi connectivity index (χ4v) is 3.66. The second-order valence-corrected chi connectivity index (χ2v) is 6.52. The van der Waals surface area contributed by atoms with Gasteiger partial charge in [0.15, 0.2) is 6.79 Å². The Hall–Kier alpha value is -2.59. The van der Waals surface area contributed by atoms with Gasteiger partial charge in [-0.15, -0.1) is 0 Å². The van der Waals surface area contributed by atoms with Crippen LogP contribution in [0.1, 0.15) is 36.8 Å². The van der Waals surface area contributed by atoms with Crippen molar-refractivity contribution in [2.24, 2.45) is 5.92 Å². The average molecular weight is 352 g/mol. The number of methoxy groups -OCH3 is 1. The summed E-state index contributed by atoms with van der Waals surface area (Å²) in [6.07, 6.45) is 4.38. The lowest BCUT2D eigenvalue weighted by molar-refractivity contribution is -0.130. The van der Waals surface area contributed by atoms with E-state index in [1.807, 2.05) is 42.5 Å². The maximum atomic E-state index is 12.2. The molecule has 0 aliphatic heterocycles. The standard InChI is InChI=1S/C22H24O4/c1-25-15-26-19-13-11-18(12-14-19)21(22(23)24)20(17-9-5-6-10-17)16-7-3-2-4-8-16/h2-4,7-8,11-14,17H,5-6,9-10,15H2,1H3,(H,23,24)/b21-20+. The summed E-state index contributed by atoms with van der Waals surface area (Å²) in [5, 5.41) is 10.0. The SMILES string of the molecule is COCOc1ccc(/C(C(=O)O)=C(/c2ccccc2)C2CCCC2)cc1. The molecule has 26 heavy (non-hydrogen) atoms. The van der Waals surface area contributed by atoms with E-state index in [1.54, 1.807) is 19.2 Å². The number of benzene rings is 2. The zero-order valence-corrected chi connectivity index (χ0v) is 15.0. The molecule has 0 unspecified atom stereocenters. The van der Waals surface area contributed by atoms with Crippen molar-refractivity contribution in [3.63, 3.8) is 0 Å². The predicted octanol–water partition coefficient (Wildman–Crippen LogP) is 4.85. The minimum atomic E-state index is -0.888. The van der Waals surface area contributed by atoms with Crippen LogP contribution in [0.3, 0.4) is 0 Å². The summed E-state index contributed by atoms with van der Waals surface area (Å²) >= 11 is 0. The van der Waals surface area contributed by atoms with Crippen LogP contribution in [0.2, 0.25) is 0 Å². The Morgan fingerprint density at radius 3 is 2.23 bits per heavy atom. The lowest BCUT2D eigenvalue weighted by atomic mass is 9.84. The predicted molar refractivity (Wildman–Crippen MR) is 102 cm³/mol. The number of carboxylic acid groups (broad SMARTS) is 1. The molecular formula is C22H24O4. The Kier molecular flexibility index (Phi) is 6.08. The highest BCUT2D eigenvalue weighted by Crippen LogP contribution is 2.41. The zero-order chi connectivity index (χ0) is 18.4. The van der Waals surface area contributed by atoms with Gasteiger partial charge in [0.2, 0.25) is 0 Å². The molecule has 2 aromatic carbocycles. The van der Waals surface area contributed by atoms with Crippen molar-refractivity contribution in [3.8, 4) is 5.75 Å². The molecule has 0 radical (unpaired) electrons. The van der Waals surface area contributed by atoms with Gasteiger partial charge in [0.25, 0.3) is 0 Å². The van der Waals surface area contributed by atoms with Crippen molar-refractivity contribution in [2.75, 3.05) is 13.9 Å². The molecule has 0 spiro atoms. The van der Waals surface area contributed by atoms with Gasteiger partial charge in [-0.1, -0.05) is 55.3 Å². The van der Waals surface area contributed by atoms with E-state index in [1.165, 1.54) is 0 Å². The van der Waals surface area contributed by atoms with Crippen LogP contribution in [-0.2, 0) is 9.53 Å². The Bertz CT molecular complexity index is 756. The summed E-state index contributed by atoms with van der Waals surface area (Å²) in [7, 11) is 1.56. The number of rotatable bonds is 7. The van der Waals surface area contributed by atoms with E-state index < -0.39 is 5.97 Å². The van der Waals surface area contributed by atoms with Crippen LogP contribution in [0.5, 0.6) is 5.75 Å². The first-order valence-corrected chi connectivity index (χ1v) is 8.95. The minimum absolute atomic E-state index is 0.165. The molecule has 3 rings (SSSR count). The second kappa shape index (κ2) is 8.68. The number of aliphatic carboxylic acids is 1. The van der Waals surface area contributed by atoms with Crippen LogP contribution < -0.4 is 4.74 Å². The number of carbonyl (C=O) groups is 1. The Balaban J connectivity index is 2.07. The first kappa shape index (κ1) is 18.2. The molecule has 1 aliphatic carbocycles. The Labute approximate surface area is 154 Å². The summed E-state index contributed by atoms with van der Waals surface area (Å²) in [5.41, 5.74) is 3.03. The molecular weight excluding hydrogens is 328 g/mol. The number of hydrogen-bond acceptors (Lipinski definition) is 3. The third-order valence-corrected chi connectivity index (χ3v) is 4.82. The quantitative estimate of drug-likeness (QED) is 0.439. The van der Waals surface area contributed by atoms with Crippen LogP contribution >= 0.6 is 0 Å². The first-order chi connectivity index (χ1) is 12.7. The molecule has 0 saturated heterocycles. The molecule has 1 aliphatic rings. The highest BCUT2D eigenvalue weighted by Gasteiger charge is 2.27. The van der Waals surface area contributed by atoms with E-state index in [4.69, 9.17) is 9.47 Å². The van der Waals surface area contributed by atoms with Gasteiger partial charge in [0.1, 0.15) is 5.75 Å². The van der Waals surface area contributed by atoms with Crippen LogP contribution in [0.15, 0.2) is 54.6 Å². The highest BCUT2D eigenvalue weighted by molar-refractivity contribution is 6.24. The van der Waals surface area contributed by atoms with Gasteiger partial charge < -0.3 is 14.6 Å². The zero-order valence-electron chi connectivity index (χ0n) is 15.0. The van der Waals surface area contributed by atoms with Crippen LogP contribution in [0.25, 0.3) is 11.1 Å². The van der Waals surface area contributed by atoms with Gasteiger partial charge in [0, 0.05) is 7.11 Å². The number of carboxylic acids is 1. The fraction of sp³-hybridized carbons (Fsp3) is 0.318. The van der Waals surface area contributed by atoms with Crippen molar-refractivity contribution in [1.29, 1.82) is 0 Å². The third-order valence-electron chi connectivity index (χ3n) is 4.82. The van der Waals surface area contributed by atoms with Gasteiger partial charge in [-0.3, -0.25) is 0 Å². The smallest absolute Gasteiger partial charge is 0.336 e. The summed E-state index contributed by atoms with van der Waals surface area (Å²) in [6.45, 7) is 0.165. The molecule has 2 aromatic rings. The lowest BCUT2D eigenvalue weighted by Crippen LogP contribution is -2.09.